The molecule has 1 aliphatic heterocycles. The average Bonchev–Trinajstić information content (AvgIpc) is 2.46. The summed E-state index contributed by atoms with van der Waals surface area (Å²) in [5.41, 5.74) is 6.75. The minimum Gasteiger partial charge on any atom is -0.398 e. The molecule has 21 heavy (non-hydrogen) atoms. The molecule has 2 rings (SSSR count). The Balaban J connectivity index is 2.21. The van der Waals surface area contributed by atoms with Crippen LogP contribution in [0.4, 0.5) is 5.69 Å². The molecule has 1 aromatic rings. The molecule has 3 N–H and O–H groups in total. The topological polar surface area (TPSA) is 92.5 Å². The maximum absolute atomic E-state index is 12.7. The number of anilines is 1. The standard InChI is InChI=1S/C14H21N3O3S/c1-10-4-3-5-12(15)13(10)21(19,20)17-8-6-11(7-9-17)14(18)16-2/h3-5,11H,6-9,15H2,1-2H3,(H,16,18). The van der Waals surface area contributed by atoms with Crippen LogP contribution in [0.3, 0.4) is 0 Å². The number of rotatable bonds is 3. The summed E-state index contributed by atoms with van der Waals surface area (Å²) in [6.07, 6.45) is 1.06. The maximum atomic E-state index is 12.7. The summed E-state index contributed by atoms with van der Waals surface area (Å²) < 4.78 is 26.9. The lowest BCUT2D eigenvalue weighted by Gasteiger charge is -2.31. The molecule has 1 saturated heterocycles. The first-order valence-corrected chi connectivity index (χ1v) is 8.38. The van der Waals surface area contributed by atoms with Gasteiger partial charge in [0.2, 0.25) is 15.9 Å². The molecule has 1 heterocycles. The minimum atomic E-state index is -3.60. The Morgan fingerprint density at radius 1 is 1.33 bits per heavy atom. The molecule has 0 atom stereocenters. The van der Waals surface area contributed by atoms with Crippen molar-refractivity contribution in [2.45, 2.75) is 24.7 Å². The second kappa shape index (κ2) is 6.03. The van der Waals surface area contributed by atoms with Gasteiger partial charge in [-0.2, -0.15) is 4.31 Å². The Morgan fingerprint density at radius 2 is 1.95 bits per heavy atom. The van der Waals surface area contributed by atoms with Crippen LogP contribution < -0.4 is 11.1 Å². The van der Waals surface area contributed by atoms with Gasteiger partial charge in [0.1, 0.15) is 4.90 Å². The van der Waals surface area contributed by atoms with Gasteiger partial charge in [-0.25, -0.2) is 8.42 Å². The van der Waals surface area contributed by atoms with Crippen molar-refractivity contribution in [2.75, 3.05) is 25.9 Å². The normalized spacial score (nSPS) is 17.6. The van der Waals surface area contributed by atoms with Crippen LogP contribution in [0.25, 0.3) is 0 Å². The highest BCUT2D eigenvalue weighted by Crippen LogP contribution is 2.29. The predicted molar refractivity (Wildman–Crippen MR) is 81.1 cm³/mol. The van der Waals surface area contributed by atoms with Crippen molar-refractivity contribution in [1.29, 1.82) is 0 Å². The average molecular weight is 311 g/mol. The number of aryl methyl sites for hydroxylation is 1. The molecule has 1 aliphatic rings. The Kier molecular flexibility index (Phi) is 4.53. The quantitative estimate of drug-likeness (QED) is 0.805. The van der Waals surface area contributed by atoms with Crippen molar-refractivity contribution in [2.24, 2.45) is 5.92 Å². The summed E-state index contributed by atoms with van der Waals surface area (Å²) >= 11 is 0. The molecule has 6 nitrogen and oxygen atoms in total. The van der Waals surface area contributed by atoms with E-state index in [1.807, 2.05) is 0 Å². The third-order valence-corrected chi connectivity index (χ3v) is 6.03. The first kappa shape index (κ1) is 15.8. The van der Waals surface area contributed by atoms with Crippen molar-refractivity contribution in [1.82, 2.24) is 9.62 Å². The predicted octanol–water partition coefficient (Wildman–Crippen LogP) is 0.724. The number of amides is 1. The fraction of sp³-hybridized carbons (Fsp3) is 0.500. The van der Waals surface area contributed by atoms with E-state index in [4.69, 9.17) is 5.73 Å². The van der Waals surface area contributed by atoms with Crippen LogP contribution in [0, 0.1) is 12.8 Å². The van der Waals surface area contributed by atoms with Crippen LogP contribution in [-0.2, 0) is 14.8 Å². The summed E-state index contributed by atoms with van der Waals surface area (Å²) in [6, 6.07) is 5.07. The molecule has 0 radical (unpaired) electrons. The van der Waals surface area contributed by atoms with Gasteiger partial charge in [-0.15, -0.1) is 0 Å². The van der Waals surface area contributed by atoms with Crippen LogP contribution in [0.15, 0.2) is 23.1 Å². The molecule has 0 aromatic heterocycles. The maximum Gasteiger partial charge on any atom is 0.245 e. The molecule has 7 heteroatoms. The molecule has 0 spiro atoms. The van der Waals surface area contributed by atoms with Crippen molar-refractivity contribution in [3.8, 4) is 0 Å². The van der Waals surface area contributed by atoms with E-state index in [1.54, 1.807) is 32.2 Å². The van der Waals surface area contributed by atoms with Gasteiger partial charge in [-0.3, -0.25) is 4.79 Å². The molecule has 0 aliphatic carbocycles. The highest BCUT2D eigenvalue weighted by Gasteiger charge is 2.33. The van der Waals surface area contributed by atoms with E-state index < -0.39 is 10.0 Å². The van der Waals surface area contributed by atoms with E-state index in [9.17, 15) is 13.2 Å². The van der Waals surface area contributed by atoms with Crippen LogP contribution in [0.1, 0.15) is 18.4 Å². The SMILES string of the molecule is CNC(=O)C1CCN(S(=O)(=O)c2c(C)cccc2N)CC1. The monoisotopic (exact) mass is 311 g/mol. The van der Waals surface area contributed by atoms with E-state index in [-0.39, 0.29) is 22.4 Å². The van der Waals surface area contributed by atoms with Crippen molar-refractivity contribution >= 4 is 21.6 Å². The molecule has 0 saturated carbocycles. The second-order valence-corrected chi connectivity index (χ2v) is 7.16. The van der Waals surface area contributed by atoms with Gasteiger partial charge in [0.25, 0.3) is 0 Å². The van der Waals surface area contributed by atoms with E-state index in [1.165, 1.54) is 4.31 Å². The van der Waals surface area contributed by atoms with Gasteiger partial charge < -0.3 is 11.1 Å². The highest BCUT2D eigenvalue weighted by molar-refractivity contribution is 7.89. The number of nitrogens with two attached hydrogens (primary N) is 1. The largest absolute Gasteiger partial charge is 0.398 e. The third-order valence-electron chi connectivity index (χ3n) is 3.91. The number of piperidine rings is 1. The lowest BCUT2D eigenvalue weighted by Crippen LogP contribution is -2.42. The van der Waals surface area contributed by atoms with Crippen LogP contribution in [0.2, 0.25) is 0 Å². The fourth-order valence-electron chi connectivity index (χ4n) is 2.72. The molecular formula is C14H21N3O3S. The first-order chi connectivity index (χ1) is 9.87. The number of sulfonamides is 1. The molecule has 0 unspecified atom stereocenters. The van der Waals surface area contributed by atoms with Gasteiger partial charge in [0.05, 0.1) is 5.69 Å². The molecule has 1 aromatic carbocycles. The number of nitrogens with zero attached hydrogens (tertiary/aromatic N) is 1. The molecular weight excluding hydrogens is 290 g/mol. The Hall–Kier alpha value is -1.60. The number of benzene rings is 1. The highest BCUT2D eigenvalue weighted by atomic mass is 32.2. The summed E-state index contributed by atoms with van der Waals surface area (Å²) in [5, 5.41) is 2.61. The zero-order chi connectivity index (χ0) is 15.6. The van der Waals surface area contributed by atoms with Gasteiger partial charge >= 0.3 is 0 Å². The fourth-order valence-corrected chi connectivity index (χ4v) is 4.51. The first-order valence-electron chi connectivity index (χ1n) is 6.94. The summed E-state index contributed by atoms with van der Waals surface area (Å²) in [6.45, 7) is 2.42. The van der Waals surface area contributed by atoms with Gasteiger partial charge in [-0.05, 0) is 31.4 Å². The van der Waals surface area contributed by atoms with E-state index >= 15 is 0 Å². The summed E-state index contributed by atoms with van der Waals surface area (Å²) in [4.78, 5) is 11.8. The van der Waals surface area contributed by atoms with Crippen LogP contribution >= 0.6 is 0 Å². The third kappa shape index (κ3) is 3.03. The Morgan fingerprint density at radius 3 is 2.48 bits per heavy atom. The smallest absolute Gasteiger partial charge is 0.245 e. The molecule has 0 bridgehead atoms. The molecule has 1 amide bonds. The number of carbonyl (C=O) groups excluding carboxylic acids is 1. The Labute approximate surface area is 125 Å². The number of hydrogen-bond acceptors (Lipinski definition) is 4. The summed E-state index contributed by atoms with van der Waals surface area (Å²) in [7, 11) is -2.01. The van der Waals surface area contributed by atoms with Gasteiger partial charge in [0, 0.05) is 26.1 Å². The van der Waals surface area contributed by atoms with E-state index in [0.717, 1.165) is 0 Å². The Bertz CT molecular complexity index is 615. The van der Waals surface area contributed by atoms with E-state index in [2.05, 4.69) is 5.32 Å². The van der Waals surface area contributed by atoms with Crippen LogP contribution in [0.5, 0.6) is 0 Å². The molecule has 1 fully saturated rings. The van der Waals surface area contributed by atoms with Gasteiger partial charge in [-0.1, -0.05) is 12.1 Å². The van der Waals surface area contributed by atoms with Crippen molar-refractivity contribution < 1.29 is 13.2 Å². The van der Waals surface area contributed by atoms with Gasteiger partial charge in [0.15, 0.2) is 0 Å². The summed E-state index contributed by atoms with van der Waals surface area (Å²) in [5.74, 6) is -0.141. The second-order valence-electron chi connectivity index (χ2n) is 5.29. The number of nitrogens with one attached hydrogen (secondary N) is 1. The number of nitrogen functional groups attached to an aromatic ring is 1. The zero-order valence-electron chi connectivity index (χ0n) is 12.3. The number of carbonyl (C=O) groups is 1. The van der Waals surface area contributed by atoms with Crippen molar-refractivity contribution in [3.63, 3.8) is 0 Å². The minimum absolute atomic E-state index is 0.0255. The lowest BCUT2D eigenvalue weighted by molar-refractivity contribution is -0.125. The zero-order valence-corrected chi connectivity index (χ0v) is 13.1. The number of hydrogen-bond donors (Lipinski definition) is 2. The lowest BCUT2D eigenvalue weighted by atomic mass is 9.97. The van der Waals surface area contributed by atoms with Crippen molar-refractivity contribution in [3.05, 3.63) is 23.8 Å². The molecule has 116 valence electrons. The van der Waals surface area contributed by atoms with E-state index in [0.29, 0.717) is 31.5 Å². The van der Waals surface area contributed by atoms with Crippen LogP contribution in [-0.4, -0.2) is 38.8 Å².